The minimum atomic E-state index is -0.0404. The van der Waals surface area contributed by atoms with Crippen LogP contribution in [0.15, 0.2) is 24.5 Å². The molecule has 1 fully saturated rings. The van der Waals surface area contributed by atoms with Crippen LogP contribution in [0.4, 0.5) is 0 Å². The van der Waals surface area contributed by atoms with Crippen molar-refractivity contribution in [2.24, 2.45) is 5.73 Å². The highest BCUT2D eigenvalue weighted by atomic mass is 16.5. The number of hydrogen-bond donors (Lipinski definition) is 2. The maximum Gasteiger partial charge on any atom is 0.220 e. The molecule has 1 aromatic rings. The lowest BCUT2D eigenvalue weighted by Crippen LogP contribution is -2.64. The number of rotatable bonds is 6. The molecule has 5 nitrogen and oxygen atoms in total. The number of ether oxygens (including phenoxy) is 1. The fourth-order valence-corrected chi connectivity index (χ4v) is 2.29. The standard InChI is InChI=1S/C14H21N3O2/c1-2-19-12-8-11(15)14(12)17-13(18)6-5-10-4-3-7-16-9-10/h3-4,7,9,11-12,14H,2,5-6,8,15H2,1H3,(H,17,18). The second-order valence-electron chi connectivity index (χ2n) is 4.85. The predicted octanol–water partition coefficient (Wildman–Crippen LogP) is 0.635. The summed E-state index contributed by atoms with van der Waals surface area (Å²) in [5.41, 5.74) is 6.96. The van der Waals surface area contributed by atoms with Crippen LogP contribution in [0.1, 0.15) is 25.3 Å². The zero-order valence-corrected chi connectivity index (χ0v) is 11.2. The van der Waals surface area contributed by atoms with E-state index < -0.39 is 0 Å². The summed E-state index contributed by atoms with van der Waals surface area (Å²) in [5.74, 6) is 0.0220. The van der Waals surface area contributed by atoms with Gasteiger partial charge in [-0.05, 0) is 31.4 Å². The average molecular weight is 263 g/mol. The fourth-order valence-electron chi connectivity index (χ4n) is 2.29. The quantitative estimate of drug-likeness (QED) is 0.789. The second kappa shape index (κ2) is 6.63. The van der Waals surface area contributed by atoms with Gasteiger partial charge in [0.25, 0.3) is 0 Å². The van der Waals surface area contributed by atoms with Gasteiger partial charge in [-0.3, -0.25) is 9.78 Å². The number of amides is 1. The third-order valence-corrected chi connectivity index (χ3v) is 3.44. The molecule has 1 heterocycles. The van der Waals surface area contributed by atoms with Crippen LogP contribution in [0.25, 0.3) is 0 Å². The molecule has 104 valence electrons. The van der Waals surface area contributed by atoms with Gasteiger partial charge in [-0.15, -0.1) is 0 Å². The van der Waals surface area contributed by atoms with Crippen LogP contribution in [0.2, 0.25) is 0 Å². The summed E-state index contributed by atoms with van der Waals surface area (Å²) in [6, 6.07) is 3.82. The third-order valence-electron chi connectivity index (χ3n) is 3.44. The minimum absolute atomic E-state index is 0.0129. The molecule has 3 unspecified atom stereocenters. The number of aryl methyl sites for hydroxylation is 1. The number of carbonyl (C=O) groups excluding carboxylic acids is 1. The number of carbonyl (C=O) groups is 1. The number of nitrogens with zero attached hydrogens (tertiary/aromatic N) is 1. The van der Waals surface area contributed by atoms with Crippen LogP contribution >= 0.6 is 0 Å². The van der Waals surface area contributed by atoms with Crippen LogP contribution in [0.5, 0.6) is 0 Å². The number of hydrogen-bond acceptors (Lipinski definition) is 4. The van der Waals surface area contributed by atoms with Gasteiger partial charge in [0.2, 0.25) is 5.91 Å². The Balaban J connectivity index is 1.75. The fraction of sp³-hybridized carbons (Fsp3) is 0.571. The molecule has 19 heavy (non-hydrogen) atoms. The Morgan fingerprint density at radius 1 is 1.63 bits per heavy atom. The monoisotopic (exact) mass is 263 g/mol. The van der Waals surface area contributed by atoms with Crippen LogP contribution < -0.4 is 11.1 Å². The molecule has 5 heteroatoms. The van der Waals surface area contributed by atoms with E-state index in [-0.39, 0.29) is 24.1 Å². The van der Waals surface area contributed by atoms with E-state index in [2.05, 4.69) is 10.3 Å². The van der Waals surface area contributed by atoms with E-state index >= 15 is 0 Å². The normalized spacial score (nSPS) is 25.7. The lowest BCUT2D eigenvalue weighted by Gasteiger charge is -2.42. The Kier molecular flexibility index (Phi) is 4.87. The van der Waals surface area contributed by atoms with Crippen molar-refractivity contribution in [3.05, 3.63) is 30.1 Å². The second-order valence-corrected chi connectivity index (χ2v) is 4.85. The molecule has 0 radical (unpaired) electrons. The molecule has 0 spiro atoms. The van der Waals surface area contributed by atoms with E-state index in [9.17, 15) is 4.79 Å². The molecule has 1 aliphatic rings. The minimum Gasteiger partial charge on any atom is -0.376 e. The lowest BCUT2D eigenvalue weighted by atomic mass is 9.83. The van der Waals surface area contributed by atoms with Gasteiger partial charge in [-0.25, -0.2) is 0 Å². The molecule has 3 N–H and O–H groups in total. The SMILES string of the molecule is CCOC1CC(N)C1NC(=O)CCc1cccnc1. The predicted molar refractivity (Wildman–Crippen MR) is 72.5 cm³/mol. The summed E-state index contributed by atoms with van der Waals surface area (Å²) in [7, 11) is 0. The molecule has 1 saturated carbocycles. The Hall–Kier alpha value is -1.46. The van der Waals surface area contributed by atoms with Crippen molar-refractivity contribution in [2.75, 3.05) is 6.61 Å². The molecule has 0 bridgehead atoms. The largest absolute Gasteiger partial charge is 0.376 e. The van der Waals surface area contributed by atoms with E-state index in [1.807, 2.05) is 19.1 Å². The van der Waals surface area contributed by atoms with Crippen molar-refractivity contribution < 1.29 is 9.53 Å². The zero-order valence-electron chi connectivity index (χ0n) is 11.2. The van der Waals surface area contributed by atoms with E-state index in [0.717, 1.165) is 12.0 Å². The highest BCUT2D eigenvalue weighted by Crippen LogP contribution is 2.22. The van der Waals surface area contributed by atoms with E-state index in [1.54, 1.807) is 12.4 Å². The molecular formula is C14H21N3O2. The first-order chi connectivity index (χ1) is 9.20. The van der Waals surface area contributed by atoms with E-state index in [0.29, 0.717) is 19.4 Å². The van der Waals surface area contributed by atoms with Gasteiger partial charge in [0.15, 0.2) is 0 Å². The Morgan fingerprint density at radius 2 is 2.47 bits per heavy atom. The van der Waals surface area contributed by atoms with Crippen molar-refractivity contribution in [1.82, 2.24) is 10.3 Å². The number of aromatic nitrogens is 1. The van der Waals surface area contributed by atoms with Crippen molar-refractivity contribution >= 4 is 5.91 Å². The molecule has 1 aliphatic carbocycles. The molecule has 0 saturated heterocycles. The molecule has 1 amide bonds. The molecule has 0 aliphatic heterocycles. The van der Waals surface area contributed by atoms with Crippen molar-refractivity contribution in [1.29, 1.82) is 0 Å². The van der Waals surface area contributed by atoms with E-state index in [1.165, 1.54) is 0 Å². The average Bonchev–Trinajstić information content (AvgIpc) is 2.43. The van der Waals surface area contributed by atoms with Crippen molar-refractivity contribution in [2.45, 2.75) is 44.4 Å². The first-order valence-electron chi connectivity index (χ1n) is 6.76. The molecule has 3 atom stereocenters. The summed E-state index contributed by atoms with van der Waals surface area (Å²) >= 11 is 0. The highest BCUT2D eigenvalue weighted by Gasteiger charge is 2.40. The Morgan fingerprint density at radius 3 is 3.11 bits per heavy atom. The zero-order chi connectivity index (χ0) is 13.7. The maximum absolute atomic E-state index is 11.9. The van der Waals surface area contributed by atoms with Gasteiger partial charge in [0.1, 0.15) is 0 Å². The van der Waals surface area contributed by atoms with Gasteiger partial charge in [-0.2, -0.15) is 0 Å². The van der Waals surface area contributed by atoms with Crippen LogP contribution in [-0.4, -0.2) is 35.7 Å². The smallest absolute Gasteiger partial charge is 0.220 e. The van der Waals surface area contributed by atoms with Crippen molar-refractivity contribution in [3.8, 4) is 0 Å². The highest BCUT2D eigenvalue weighted by molar-refractivity contribution is 5.76. The van der Waals surface area contributed by atoms with Gasteiger partial charge in [0, 0.05) is 31.5 Å². The molecular weight excluding hydrogens is 242 g/mol. The summed E-state index contributed by atoms with van der Waals surface area (Å²) in [6.45, 7) is 2.60. The Labute approximate surface area is 113 Å². The molecule has 2 rings (SSSR count). The summed E-state index contributed by atoms with van der Waals surface area (Å²) in [6.07, 6.45) is 5.55. The summed E-state index contributed by atoms with van der Waals surface area (Å²) < 4.78 is 5.52. The van der Waals surface area contributed by atoms with Gasteiger partial charge in [0.05, 0.1) is 12.1 Å². The lowest BCUT2D eigenvalue weighted by molar-refractivity contribution is -0.125. The van der Waals surface area contributed by atoms with Gasteiger partial charge >= 0.3 is 0 Å². The maximum atomic E-state index is 11.9. The topological polar surface area (TPSA) is 77.2 Å². The van der Waals surface area contributed by atoms with Crippen LogP contribution in [0.3, 0.4) is 0 Å². The van der Waals surface area contributed by atoms with Gasteiger partial charge in [-0.1, -0.05) is 6.07 Å². The van der Waals surface area contributed by atoms with E-state index in [4.69, 9.17) is 10.5 Å². The summed E-state index contributed by atoms with van der Waals surface area (Å²) in [5, 5.41) is 2.96. The number of pyridine rings is 1. The first-order valence-corrected chi connectivity index (χ1v) is 6.76. The van der Waals surface area contributed by atoms with Crippen LogP contribution in [0, 0.1) is 0 Å². The summed E-state index contributed by atoms with van der Waals surface area (Å²) in [4.78, 5) is 15.9. The van der Waals surface area contributed by atoms with Gasteiger partial charge < -0.3 is 15.8 Å². The number of nitrogens with one attached hydrogen (secondary N) is 1. The Bertz CT molecular complexity index is 408. The third kappa shape index (κ3) is 3.75. The molecule has 0 aromatic carbocycles. The van der Waals surface area contributed by atoms with Crippen LogP contribution in [-0.2, 0) is 16.0 Å². The number of nitrogens with two attached hydrogens (primary N) is 1. The molecule has 1 aromatic heterocycles. The first kappa shape index (κ1) is 14.0. The van der Waals surface area contributed by atoms with Crippen molar-refractivity contribution in [3.63, 3.8) is 0 Å².